The number of anilines is 8. The number of hydrogen-bond acceptors (Lipinski definition) is 4. The fraction of sp³-hybridized carbons (Fsp3) is 0.294. The molecule has 0 atom stereocenters. The Labute approximate surface area is 440 Å². The third-order valence-electron chi connectivity index (χ3n) is 15.7. The van der Waals surface area contributed by atoms with Gasteiger partial charge in [0.2, 0.25) is 0 Å². The molecule has 0 amide bonds. The van der Waals surface area contributed by atoms with Crippen LogP contribution in [0.25, 0.3) is 31.3 Å². The normalized spacial score (nSPS) is 12.6. The number of aryl methyl sites for hydroxylation is 5. The Morgan fingerprint density at radius 2 is 0.904 bits per heavy atom. The van der Waals surface area contributed by atoms with Crippen LogP contribution in [0.4, 0.5) is 45.5 Å². The fourth-order valence-corrected chi connectivity index (χ4v) is 12.8. The molecule has 0 unspecified atom stereocenters. The van der Waals surface area contributed by atoms with E-state index in [0.29, 0.717) is 0 Å². The molecule has 3 heterocycles. The monoisotopic (exact) mass is 974 g/mol. The van der Waals surface area contributed by atoms with E-state index in [2.05, 4.69) is 213 Å². The molecular formula is C68H72BN3S. The van der Waals surface area contributed by atoms with Crippen molar-refractivity contribution in [2.45, 2.75) is 131 Å². The second kappa shape index (κ2) is 21.9. The average Bonchev–Trinajstić information content (AvgIpc) is 3.81. The van der Waals surface area contributed by atoms with E-state index < -0.39 is 0 Å². The van der Waals surface area contributed by atoms with Crippen molar-refractivity contribution in [3.63, 3.8) is 0 Å². The molecule has 0 fully saturated rings. The first-order valence-electron chi connectivity index (χ1n) is 28.0. The van der Waals surface area contributed by atoms with Crippen LogP contribution in [0.1, 0.15) is 127 Å². The summed E-state index contributed by atoms with van der Waals surface area (Å²) in [5.74, 6) is 0. The molecule has 3 nitrogen and oxygen atoms in total. The van der Waals surface area contributed by atoms with Crippen LogP contribution in [-0.4, -0.2) is 6.85 Å². The van der Waals surface area contributed by atoms with Gasteiger partial charge in [0.05, 0.1) is 0 Å². The number of unbranched alkanes of at least 4 members (excludes halogenated alkanes) is 5. The summed E-state index contributed by atoms with van der Waals surface area (Å²) in [6.45, 7) is 11.4. The SMILES string of the molecule is CCCCc1ccc(N2B3c4cc(CCCC)ccc4N(c4ccc(CCCC)cc4)c4cc(N(c5ccc(CCCC)cc5)c5ccc(CCCC)cc5)cc(c43)-c3cc4c(cc32)sc2ccccc24)cc1. The van der Waals surface area contributed by atoms with Crippen molar-refractivity contribution in [1.29, 1.82) is 0 Å². The van der Waals surface area contributed by atoms with Gasteiger partial charge >= 0.3 is 6.85 Å². The molecule has 8 aromatic carbocycles. The summed E-state index contributed by atoms with van der Waals surface area (Å²) in [7, 11) is 0. The van der Waals surface area contributed by atoms with Crippen molar-refractivity contribution in [1.82, 2.24) is 0 Å². The molecule has 0 bridgehead atoms. The van der Waals surface area contributed by atoms with Crippen LogP contribution < -0.4 is 25.5 Å². The van der Waals surface area contributed by atoms with E-state index in [1.165, 1.54) is 174 Å². The van der Waals surface area contributed by atoms with Crippen LogP contribution in [0.3, 0.4) is 0 Å². The lowest BCUT2D eigenvalue weighted by atomic mass is 9.43. The molecule has 0 radical (unpaired) electrons. The molecule has 368 valence electrons. The Kier molecular flexibility index (Phi) is 14.6. The zero-order chi connectivity index (χ0) is 49.8. The number of thiophene rings is 1. The van der Waals surface area contributed by atoms with Crippen molar-refractivity contribution in [3.05, 3.63) is 192 Å². The quantitative estimate of drug-likeness (QED) is 0.0705. The predicted octanol–water partition coefficient (Wildman–Crippen LogP) is 18.9. The Bertz CT molecular complexity index is 3280. The molecule has 0 aliphatic carbocycles. The van der Waals surface area contributed by atoms with E-state index in [4.69, 9.17) is 0 Å². The number of nitrogens with zero attached hydrogens (tertiary/aromatic N) is 3. The van der Waals surface area contributed by atoms with Gasteiger partial charge in [-0.2, -0.15) is 0 Å². The summed E-state index contributed by atoms with van der Waals surface area (Å²) >= 11 is 1.92. The Balaban J connectivity index is 1.22. The lowest BCUT2D eigenvalue weighted by Crippen LogP contribution is -2.61. The lowest BCUT2D eigenvalue weighted by Gasteiger charge is -2.46. The van der Waals surface area contributed by atoms with Gasteiger partial charge in [-0.25, -0.2) is 0 Å². The van der Waals surface area contributed by atoms with Crippen molar-refractivity contribution in [2.75, 3.05) is 14.6 Å². The second-order valence-electron chi connectivity index (χ2n) is 20.9. The molecule has 11 rings (SSSR count). The van der Waals surface area contributed by atoms with Gasteiger partial charge in [-0.05, 0) is 193 Å². The number of fused-ring (bicyclic) bond motifs is 7. The minimum atomic E-state index is -0.0688. The first-order chi connectivity index (χ1) is 36.0. The van der Waals surface area contributed by atoms with Crippen molar-refractivity contribution in [3.8, 4) is 11.1 Å². The number of benzene rings is 8. The van der Waals surface area contributed by atoms with Crippen LogP contribution in [-0.2, 0) is 32.1 Å². The van der Waals surface area contributed by atoms with Gasteiger partial charge in [-0.15, -0.1) is 11.3 Å². The highest BCUT2D eigenvalue weighted by molar-refractivity contribution is 7.25. The van der Waals surface area contributed by atoms with Gasteiger partial charge in [0.25, 0.3) is 0 Å². The number of hydrogen-bond donors (Lipinski definition) is 0. The van der Waals surface area contributed by atoms with E-state index in [-0.39, 0.29) is 6.85 Å². The highest BCUT2D eigenvalue weighted by Gasteiger charge is 2.46. The molecule has 5 heteroatoms. The van der Waals surface area contributed by atoms with E-state index in [0.717, 1.165) is 37.8 Å². The zero-order valence-corrected chi connectivity index (χ0v) is 44.8. The highest BCUT2D eigenvalue weighted by atomic mass is 32.1. The summed E-state index contributed by atoms with van der Waals surface area (Å²) in [6, 6.07) is 64.8. The summed E-state index contributed by atoms with van der Waals surface area (Å²) in [6.07, 6.45) is 17.3. The molecule has 0 spiro atoms. The van der Waals surface area contributed by atoms with Crippen LogP contribution in [0.5, 0.6) is 0 Å². The smallest absolute Gasteiger partial charge is 0.333 e. The van der Waals surface area contributed by atoms with Crippen LogP contribution in [0, 0.1) is 0 Å². The van der Waals surface area contributed by atoms with Crippen molar-refractivity contribution < 1.29 is 0 Å². The van der Waals surface area contributed by atoms with E-state index in [9.17, 15) is 0 Å². The van der Waals surface area contributed by atoms with Gasteiger partial charge < -0.3 is 14.6 Å². The van der Waals surface area contributed by atoms with Crippen LogP contribution >= 0.6 is 11.3 Å². The summed E-state index contributed by atoms with van der Waals surface area (Å²) < 4.78 is 2.66. The zero-order valence-electron chi connectivity index (χ0n) is 44.0. The van der Waals surface area contributed by atoms with Gasteiger partial charge in [-0.1, -0.05) is 146 Å². The molecule has 0 saturated carbocycles. The van der Waals surface area contributed by atoms with Crippen molar-refractivity contribution in [2.24, 2.45) is 0 Å². The number of rotatable bonds is 20. The molecule has 0 saturated heterocycles. The molecule has 9 aromatic rings. The Morgan fingerprint density at radius 3 is 1.47 bits per heavy atom. The predicted molar refractivity (Wildman–Crippen MR) is 321 cm³/mol. The maximum absolute atomic E-state index is 2.73. The third-order valence-corrected chi connectivity index (χ3v) is 16.9. The fourth-order valence-electron chi connectivity index (χ4n) is 11.7. The summed E-state index contributed by atoms with van der Waals surface area (Å²) in [4.78, 5) is 7.88. The molecule has 0 N–H and O–H groups in total. The standard InChI is InChI=1S/C68H72BN3S/c1-6-11-18-48-25-34-53(35-26-48)70(54-36-27-49(28-37-54)19-12-7-2)57-44-61-59-46-60-58-23-16-17-24-66(58)73-67(60)47-64(59)72(56-40-31-51(32-41-56)21-14-9-4)69-62-43-52(22-15-10-5)33-42-63(62)71(65(45-57)68(61)69)55-38-29-50(30-39-55)20-13-8-3/h16-17,23-47H,6-15,18-22H2,1-5H3. The van der Waals surface area contributed by atoms with E-state index >= 15 is 0 Å². The minimum Gasteiger partial charge on any atom is -0.376 e. The lowest BCUT2D eigenvalue weighted by molar-refractivity contribution is 0.795. The van der Waals surface area contributed by atoms with E-state index in [1.54, 1.807) is 0 Å². The summed E-state index contributed by atoms with van der Waals surface area (Å²) in [5.41, 5.74) is 22.0. The Morgan fingerprint density at radius 1 is 0.397 bits per heavy atom. The van der Waals surface area contributed by atoms with Crippen LogP contribution in [0.15, 0.2) is 164 Å². The minimum absolute atomic E-state index is 0.0688. The maximum atomic E-state index is 2.73. The van der Waals surface area contributed by atoms with Gasteiger partial charge in [0.1, 0.15) is 0 Å². The van der Waals surface area contributed by atoms with E-state index in [1.807, 2.05) is 11.3 Å². The molecule has 2 aliphatic heterocycles. The van der Waals surface area contributed by atoms with Crippen LogP contribution in [0.2, 0.25) is 0 Å². The first kappa shape index (κ1) is 48.7. The average molecular weight is 974 g/mol. The van der Waals surface area contributed by atoms with Gasteiger partial charge in [-0.3, -0.25) is 0 Å². The maximum Gasteiger partial charge on any atom is 0.333 e. The van der Waals surface area contributed by atoms with Crippen molar-refractivity contribution >= 4 is 94.8 Å². The molecule has 2 aliphatic rings. The second-order valence-corrected chi connectivity index (χ2v) is 22.0. The summed E-state index contributed by atoms with van der Waals surface area (Å²) in [5, 5.41) is 2.65. The van der Waals surface area contributed by atoms with Gasteiger partial charge in [0.15, 0.2) is 0 Å². The molecule has 73 heavy (non-hydrogen) atoms. The topological polar surface area (TPSA) is 9.72 Å². The Hall–Kier alpha value is -6.56. The largest absolute Gasteiger partial charge is 0.376 e. The highest BCUT2D eigenvalue weighted by Crippen LogP contribution is 2.52. The first-order valence-corrected chi connectivity index (χ1v) is 28.8. The molecular weight excluding hydrogens is 902 g/mol. The molecule has 1 aromatic heterocycles. The van der Waals surface area contributed by atoms with Gasteiger partial charge in [0, 0.05) is 71.2 Å². The third kappa shape index (κ3) is 9.62.